The molecule has 0 bridgehead atoms. The summed E-state index contributed by atoms with van der Waals surface area (Å²) in [5.74, 6) is 0. The van der Waals surface area contributed by atoms with E-state index in [1.165, 1.54) is 5.69 Å². The lowest BCUT2D eigenvalue weighted by Crippen LogP contribution is -2.37. The molecule has 1 saturated heterocycles. The summed E-state index contributed by atoms with van der Waals surface area (Å²) in [6, 6.07) is 8.08. The lowest BCUT2D eigenvalue weighted by Gasteiger charge is -2.33. The van der Waals surface area contributed by atoms with E-state index in [2.05, 4.69) is 17.0 Å². The van der Waals surface area contributed by atoms with Crippen LogP contribution >= 0.6 is 0 Å². The van der Waals surface area contributed by atoms with Gasteiger partial charge in [-0.25, -0.2) is 0 Å². The van der Waals surface area contributed by atoms with E-state index < -0.39 is 0 Å². The second-order valence-electron chi connectivity index (χ2n) is 4.64. The van der Waals surface area contributed by atoms with Crippen LogP contribution in [0.1, 0.15) is 12.8 Å². The van der Waals surface area contributed by atoms with Crippen molar-refractivity contribution < 1.29 is 9.47 Å². The number of nitrogens with two attached hydrogens (primary N) is 1. The van der Waals surface area contributed by atoms with Gasteiger partial charge in [-0.1, -0.05) is 0 Å². The first-order chi connectivity index (χ1) is 8.79. The van der Waals surface area contributed by atoms with Crippen LogP contribution in [-0.2, 0) is 9.47 Å². The number of benzene rings is 1. The fraction of sp³-hybridized carbons (Fsp3) is 0.571. The third kappa shape index (κ3) is 3.62. The molecule has 4 heteroatoms. The third-order valence-corrected chi connectivity index (χ3v) is 3.34. The van der Waals surface area contributed by atoms with E-state index in [1.54, 1.807) is 7.11 Å². The minimum atomic E-state index is 0.380. The maximum absolute atomic E-state index is 5.75. The smallest absolute Gasteiger partial charge is 0.0704 e. The number of methoxy groups -OCH3 is 1. The van der Waals surface area contributed by atoms with E-state index >= 15 is 0 Å². The van der Waals surface area contributed by atoms with Crippen LogP contribution in [0, 0.1) is 0 Å². The second kappa shape index (κ2) is 6.61. The van der Waals surface area contributed by atoms with Crippen LogP contribution in [0.4, 0.5) is 11.4 Å². The number of anilines is 2. The molecule has 0 unspecified atom stereocenters. The Kier molecular flexibility index (Phi) is 4.84. The van der Waals surface area contributed by atoms with Crippen LogP contribution in [0.15, 0.2) is 24.3 Å². The Morgan fingerprint density at radius 1 is 1.17 bits per heavy atom. The molecular formula is C14H22N2O2. The highest BCUT2D eigenvalue weighted by molar-refractivity contribution is 5.53. The highest BCUT2D eigenvalue weighted by Gasteiger charge is 2.19. The Balaban J connectivity index is 1.77. The van der Waals surface area contributed by atoms with E-state index in [4.69, 9.17) is 15.2 Å². The molecule has 1 fully saturated rings. The van der Waals surface area contributed by atoms with Crippen molar-refractivity contribution in [2.75, 3.05) is 44.0 Å². The van der Waals surface area contributed by atoms with Crippen LogP contribution < -0.4 is 10.6 Å². The van der Waals surface area contributed by atoms with Crippen LogP contribution in [-0.4, -0.2) is 39.5 Å². The van der Waals surface area contributed by atoms with Gasteiger partial charge in [0.15, 0.2) is 0 Å². The van der Waals surface area contributed by atoms with Crippen molar-refractivity contribution in [2.45, 2.75) is 18.9 Å². The monoisotopic (exact) mass is 250 g/mol. The fourth-order valence-electron chi connectivity index (χ4n) is 2.26. The molecule has 1 aliphatic heterocycles. The molecule has 0 radical (unpaired) electrons. The summed E-state index contributed by atoms with van der Waals surface area (Å²) in [6.45, 7) is 3.46. The molecular weight excluding hydrogens is 228 g/mol. The summed E-state index contributed by atoms with van der Waals surface area (Å²) in [5.41, 5.74) is 7.76. The van der Waals surface area contributed by atoms with Gasteiger partial charge in [0.2, 0.25) is 0 Å². The van der Waals surface area contributed by atoms with Crippen molar-refractivity contribution in [1.29, 1.82) is 0 Å². The Hall–Kier alpha value is -1.26. The van der Waals surface area contributed by atoms with Crippen LogP contribution in [0.2, 0.25) is 0 Å². The fourth-order valence-corrected chi connectivity index (χ4v) is 2.26. The molecule has 0 atom stereocenters. The molecule has 2 rings (SSSR count). The van der Waals surface area contributed by atoms with Gasteiger partial charge < -0.3 is 20.1 Å². The van der Waals surface area contributed by atoms with Gasteiger partial charge >= 0.3 is 0 Å². The zero-order valence-electron chi connectivity index (χ0n) is 11.0. The Morgan fingerprint density at radius 2 is 1.83 bits per heavy atom. The lowest BCUT2D eigenvalue weighted by molar-refractivity contribution is 0.00610. The lowest BCUT2D eigenvalue weighted by atomic mass is 10.1. The van der Waals surface area contributed by atoms with Gasteiger partial charge in [0.1, 0.15) is 0 Å². The van der Waals surface area contributed by atoms with Gasteiger partial charge in [-0.05, 0) is 37.1 Å². The maximum atomic E-state index is 5.75. The summed E-state index contributed by atoms with van der Waals surface area (Å²) in [5, 5.41) is 0. The van der Waals surface area contributed by atoms with Crippen molar-refractivity contribution in [3.63, 3.8) is 0 Å². The minimum absolute atomic E-state index is 0.380. The number of nitrogens with zero attached hydrogens (tertiary/aromatic N) is 1. The molecule has 1 heterocycles. The van der Waals surface area contributed by atoms with Crippen molar-refractivity contribution in [3.05, 3.63) is 24.3 Å². The van der Waals surface area contributed by atoms with Gasteiger partial charge in [0, 0.05) is 31.6 Å². The SMILES string of the molecule is COCCOC1CCN(c2ccc(N)cc2)CC1. The summed E-state index contributed by atoms with van der Waals surface area (Å²) in [6.07, 6.45) is 2.53. The largest absolute Gasteiger partial charge is 0.399 e. The molecule has 0 amide bonds. The Labute approximate surface area is 109 Å². The van der Waals surface area contributed by atoms with Crippen molar-refractivity contribution in [2.24, 2.45) is 0 Å². The number of nitrogen functional groups attached to an aromatic ring is 1. The predicted octanol–water partition coefficient (Wildman–Crippen LogP) is 1.90. The van der Waals surface area contributed by atoms with Crippen LogP contribution in [0.3, 0.4) is 0 Å². The summed E-state index contributed by atoms with van der Waals surface area (Å²) in [4.78, 5) is 2.38. The molecule has 0 aromatic heterocycles. The van der Waals surface area contributed by atoms with E-state index in [-0.39, 0.29) is 0 Å². The molecule has 2 N–H and O–H groups in total. The molecule has 0 saturated carbocycles. The Bertz CT molecular complexity index is 345. The molecule has 1 aromatic rings. The molecule has 18 heavy (non-hydrogen) atoms. The zero-order chi connectivity index (χ0) is 12.8. The minimum Gasteiger partial charge on any atom is -0.399 e. The summed E-state index contributed by atoms with van der Waals surface area (Å²) in [7, 11) is 1.70. The maximum Gasteiger partial charge on any atom is 0.0704 e. The number of piperidine rings is 1. The zero-order valence-corrected chi connectivity index (χ0v) is 11.0. The van der Waals surface area contributed by atoms with Crippen LogP contribution in [0.25, 0.3) is 0 Å². The molecule has 100 valence electrons. The average molecular weight is 250 g/mol. The van der Waals surface area contributed by atoms with Gasteiger partial charge in [0.25, 0.3) is 0 Å². The Morgan fingerprint density at radius 3 is 2.44 bits per heavy atom. The molecule has 0 spiro atoms. The first kappa shape index (κ1) is 13.2. The highest BCUT2D eigenvalue weighted by atomic mass is 16.5. The summed E-state index contributed by atoms with van der Waals surface area (Å²) >= 11 is 0. The van der Waals surface area contributed by atoms with E-state index in [1.807, 2.05) is 12.1 Å². The molecule has 1 aliphatic rings. The van der Waals surface area contributed by atoms with Gasteiger partial charge in [-0.3, -0.25) is 0 Å². The number of ether oxygens (including phenoxy) is 2. The highest BCUT2D eigenvalue weighted by Crippen LogP contribution is 2.22. The van der Waals surface area contributed by atoms with E-state index in [0.717, 1.165) is 31.6 Å². The molecule has 4 nitrogen and oxygen atoms in total. The first-order valence-corrected chi connectivity index (χ1v) is 6.50. The molecule has 0 aliphatic carbocycles. The first-order valence-electron chi connectivity index (χ1n) is 6.50. The van der Waals surface area contributed by atoms with Gasteiger partial charge in [0.05, 0.1) is 19.3 Å². The van der Waals surface area contributed by atoms with Crippen molar-refractivity contribution in [1.82, 2.24) is 0 Å². The van der Waals surface area contributed by atoms with Gasteiger partial charge in [-0.15, -0.1) is 0 Å². The van der Waals surface area contributed by atoms with Crippen molar-refractivity contribution in [3.8, 4) is 0 Å². The second-order valence-corrected chi connectivity index (χ2v) is 4.64. The number of rotatable bonds is 5. The molecule has 1 aromatic carbocycles. The van der Waals surface area contributed by atoms with Gasteiger partial charge in [-0.2, -0.15) is 0 Å². The van der Waals surface area contributed by atoms with Crippen molar-refractivity contribution >= 4 is 11.4 Å². The topological polar surface area (TPSA) is 47.7 Å². The summed E-state index contributed by atoms with van der Waals surface area (Å²) < 4.78 is 10.7. The number of hydrogen-bond donors (Lipinski definition) is 1. The average Bonchev–Trinajstić information content (AvgIpc) is 2.41. The van der Waals surface area contributed by atoms with E-state index in [9.17, 15) is 0 Å². The normalized spacial score (nSPS) is 17.1. The number of hydrogen-bond acceptors (Lipinski definition) is 4. The predicted molar refractivity (Wildman–Crippen MR) is 73.9 cm³/mol. The van der Waals surface area contributed by atoms with E-state index in [0.29, 0.717) is 19.3 Å². The van der Waals surface area contributed by atoms with Crippen LogP contribution in [0.5, 0.6) is 0 Å². The quantitative estimate of drug-likeness (QED) is 0.640. The third-order valence-electron chi connectivity index (χ3n) is 3.34. The standard InChI is InChI=1S/C14H22N2O2/c1-17-10-11-18-14-6-8-16(9-7-14)13-4-2-12(15)3-5-13/h2-5,14H,6-11,15H2,1H3.